The van der Waals surface area contributed by atoms with Gasteiger partial charge in [0.1, 0.15) is 17.4 Å². The van der Waals surface area contributed by atoms with Crippen LogP contribution in [0, 0.1) is 0 Å². The Labute approximate surface area is 121 Å². The number of nitrogens with one attached hydrogen (secondary N) is 1. The van der Waals surface area contributed by atoms with Gasteiger partial charge in [0.2, 0.25) is 0 Å². The van der Waals surface area contributed by atoms with Crippen molar-refractivity contribution in [1.82, 2.24) is 10.3 Å². The molecular formula is C14H16N2O3S. The van der Waals surface area contributed by atoms with Crippen molar-refractivity contribution in [3.63, 3.8) is 0 Å². The number of ether oxygens (including phenoxy) is 1. The molecule has 0 amide bonds. The molecule has 20 heavy (non-hydrogen) atoms. The number of hydrogen-bond acceptors (Lipinski definition) is 5. The van der Waals surface area contributed by atoms with Gasteiger partial charge in [-0.25, -0.2) is 9.78 Å². The molecule has 0 aliphatic heterocycles. The Morgan fingerprint density at radius 2 is 2.20 bits per heavy atom. The first-order valence-electron chi connectivity index (χ1n) is 6.26. The average Bonchev–Trinajstić information content (AvgIpc) is 2.98. The zero-order chi connectivity index (χ0) is 14.4. The van der Waals surface area contributed by atoms with Crippen molar-refractivity contribution in [2.45, 2.75) is 13.0 Å². The van der Waals surface area contributed by atoms with Gasteiger partial charge in [-0.3, -0.25) is 0 Å². The highest BCUT2D eigenvalue weighted by Gasteiger charge is 2.06. The van der Waals surface area contributed by atoms with Crippen molar-refractivity contribution in [3.8, 4) is 5.75 Å². The van der Waals surface area contributed by atoms with Gasteiger partial charge in [-0.2, -0.15) is 0 Å². The van der Waals surface area contributed by atoms with E-state index in [4.69, 9.17) is 9.84 Å². The summed E-state index contributed by atoms with van der Waals surface area (Å²) < 4.78 is 5.54. The minimum Gasteiger partial charge on any atom is -0.492 e. The molecule has 1 atom stereocenters. The molecule has 106 valence electrons. The van der Waals surface area contributed by atoms with Crippen LogP contribution in [0.3, 0.4) is 0 Å². The van der Waals surface area contributed by atoms with E-state index in [2.05, 4.69) is 17.2 Å². The molecule has 1 unspecified atom stereocenters. The third kappa shape index (κ3) is 4.04. The van der Waals surface area contributed by atoms with E-state index in [0.717, 1.165) is 5.01 Å². The third-order valence-corrected chi connectivity index (χ3v) is 3.70. The molecule has 2 aromatic rings. The number of carboxylic acids is 1. The normalized spacial score (nSPS) is 12.1. The Balaban J connectivity index is 1.72. The highest BCUT2D eigenvalue weighted by molar-refractivity contribution is 7.09. The molecule has 0 aliphatic carbocycles. The molecule has 1 heterocycles. The Morgan fingerprint density at radius 3 is 2.80 bits per heavy atom. The Hall–Kier alpha value is -1.92. The number of hydrogen-bond donors (Lipinski definition) is 2. The van der Waals surface area contributed by atoms with E-state index in [1.165, 1.54) is 12.1 Å². The molecule has 1 aromatic carbocycles. The van der Waals surface area contributed by atoms with Gasteiger partial charge in [0.15, 0.2) is 0 Å². The van der Waals surface area contributed by atoms with E-state index in [1.54, 1.807) is 29.7 Å². The van der Waals surface area contributed by atoms with Gasteiger partial charge in [-0.15, -0.1) is 11.3 Å². The molecule has 0 aliphatic rings. The summed E-state index contributed by atoms with van der Waals surface area (Å²) in [4.78, 5) is 14.9. The van der Waals surface area contributed by atoms with Gasteiger partial charge in [-0.1, -0.05) is 0 Å². The number of carboxylic acid groups (broad SMARTS) is 1. The molecular weight excluding hydrogens is 276 g/mol. The fraction of sp³-hybridized carbons (Fsp3) is 0.286. The van der Waals surface area contributed by atoms with E-state index < -0.39 is 5.97 Å². The maximum atomic E-state index is 10.7. The van der Waals surface area contributed by atoms with Crippen LogP contribution in [0.1, 0.15) is 28.3 Å². The summed E-state index contributed by atoms with van der Waals surface area (Å²) in [6.45, 7) is 3.27. The smallest absolute Gasteiger partial charge is 0.335 e. The first-order chi connectivity index (χ1) is 9.66. The molecule has 0 bridgehead atoms. The fourth-order valence-corrected chi connectivity index (χ4v) is 2.34. The van der Waals surface area contributed by atoms with E-state index in [0.29, 0.717) is 18.9 Å². The van der Waals surface area contributed by atoms with Crippen LogP contribution in [0.25, 0.3) is 0 Å². The van der Waals surface area contributed by atoms with Crippen LogP contribution in [0.5, 0.6) is 5.75 Å². The predicted molar refractivity (Wildman–Crippen MR) is 77.4 cm³/mol. The number of rotatable bonds is 7. The summed E-state index contributed by atoms with van der Waals surface area (Å²) in [5, 5.41) is 15.1. The molecule has 5 nitrogen and oxygen atoms in total. The minimum atomic E-state index is -0.935. The second kappa shape index (κ2) is 7.02. The second-order valence-electron chi connectivity index (χ2n) is 4.22. The Morgan fingerprint density at radius 1 is 1.45 bits per heavy atom. The van der Waals surface area contributed by atoms with Crippen LogP contribution in [-0.2, 0) is 0 Å². The van der Waals surface area contributed by atoms with E-state index in [1.807, 2.05) is 5.38 Å². The van der Waals surface area contributed by atoms with Crippen molar-refractivity contribution in [2.24, 2.45) is 0 Å². The average molecular weight is 292 g/mol. The third-order valence-electron chi connectivity index (χ3n) is 2.74. The van der Waals surface area contributed by atoms with Crippen molar-refractivity contribution >= 4 is 17.3 Å². The van der Waals surface area contributed by atoms with Crippen LogP contribution in [0.4, 0.5) is 0 Å². The molecule has 6 heteroatoms. The SMILES string of the molecule is CC(NCCOc1ccc(C(=O)O)cc1)c1nccs1. The van der Waals surface area contributed by atoms with Crippen LogP contribution in [0.15, 0.2) is 35.8 Å². The molecule has 1 aromatic heterocycles. The highest BCUT2D eigenvalue weighted by Crippen LogP contribution is 2.14. The standard InChI is InChI=1S/C14H16N2O3S/c1-10(13-16-7-9-20-13)15-6-8-19-12-4-2-11(3-5-12)14(17)18/h2-5,7,9-10,15H,6,8H2,1H3,(H,17,18). The zero-order valence-corrected chi connectivity index (χ0v) is 11.9. The zero-order valence-electron chi connectivity index (χ0n) is 11.1. The second-order valence-corrected chi connectivity index (χ2v) is 5.15. The van der Waals surface area contributed by atoms with Gasteiger partial charge in [0.25, 0.3) is 0 Å². The number of carbonyl (C=O) groups is 1. The number of aromatic carboxylic acids is 1. The van der Waals surface area contributed by atoms with E-state index in [-0.39, 0.29) is 11.6 Å². The molecule has 0 spiro atoms. The quantitative estimate of drug-likeness (QED) is 0.767. The summed E-state index contributed by atoms with van der Waals surface area (Å²) in [5.74, 6) is -0.269. The topological polar surface area (TPSA) is 71.5 Å². The number of aromatic nitrogens is 1. The summed E-state index contributed by atoms with van der Waals surface area (Å²) in [5.41, 5.74) is 0.257. The monoisotopic (exact) mass is 292 g/mol. The summed E-state index contributed by atoms with van der Waals surface area (Å²) in [6.07, 6.45) is 1.79. The van der Waals surface area contributed by atoms with Crippen molar-refractivity contribution in [1.29, 1.82) is 0 Å². The molecule has 0 fully saturated rings. The molecule has 2 N–H and O–H groups in total. The molecule has 0 saturated heterocycles. The molecule has 0 radical (unpaired) electrons. The molecule has 2 rings (SSSR count). The fourth-order valence-electron chi connectivity index (χ4n) is 1.67. The molecule has 0 saturated carbocycles. The van der Waals surface area contributed by atoms with E-state index in [9.17, 15) is 4.79 Å². The number of benzene rings is 1. The lowest BCUT2D eigenvalue weighted by atomic mass is 10.2. The summed E-state index contributed by atoms with van der Waals surface area (Å²) in [7, 11) is 0. The van der Waals surface area contributed by atoms with Gasteiger partial charge in [-0.05, 0) is 31.2 Å². The van der Waals surface area contributed by atoms with Crippen LogP contribution < -0.4 is 10.1 Å². The highest BCUT2D eigenvalue weighted by atomic mass is 32.1. The van der Waals surface area contributed by atoms with Crippen molar-refractivity contribution in [2.75, 3.05) is 13.2 Å². The largest absolute Gasteiger partial charge is 0.492 e. The number of thiazole rings is 1. The van der Waals surface area contributed by atoms with Crippen LogP contribution in [-0.4, -0.2) is 29.2 Å². The van der Waals surface area contributed by atoms with Gasteiger partial charge < -0.3 is 15.2 Å². The minimum absolute atomic E-state index is 0.202. The van der Waals surface area contributed by atoms with Crippen molar-refractivity contribution < 1.29 is 14.6 Å². The predicted octanol–water partition coefficient (Wildman–Crippen LogP) is 2.57. The van der Waals surface area contributed by atoms with Gasteiger partial charge in [0.05, 0.1) is 11.6 Å². The number of nitrogens with zero attached hydrogens (tertiary/aromatic N) is 1. The Kier molecular flexibility index (Phi) is 5.09. The van der Waals surface area contributed by atoms with Crippen LogP contribution >= 0.6 is 11.3 Å². The lowest BCUT2D eigenvalue weighted by Crippen LogP contribution is -2.24. The van der Waals surface area contributed by atoms with Crippen LogP contribution in [0.2, 0.25) is 0 Å². The maximum absolute atomic E-state index is 10.7. The first-order valence-corrected chi connectivity index (χ1v) is 7.13. The van der Waals surface area contributed by atoms with E-state index >= 15 is 0 Å². The summed E-state index contributed by atoms with van der Waals surface area (Å²) in [6, 6.07) is 6.58. The first kappa shape index (κ1) is 14.5. The summed E-state index contributed by atoms with van der Waals surface area (Å²) >= 11 is 1.62. The maximum Gasteiger partial charge on any atom is 0.335 e. The lowest BCUT2D eigenvalue weighted by molar-refractivity contribution is 0.0697. The van der Waals surface area contributed by atoms with Crippen molar-refractivity contribution in [3.05, 3.63) is 46.4 Å². The van der Waals surface area contributed by atoms with Gasteiger partial charge in [0, 0.05) is 18.1 Å². The van der Waals surface area contributed by atoms with Gasteiger partial charge >= 0.3 is 5.97 Å². The lowest BCUT2D eigenvalue weighted by Gasteiger charge is -2.12. The Bertz CT molecular complexity index is 540.